The third kappa shape index (κ3) is 4.61. The van der Waals surface area contributed by atoms with Crippen molar-refractivity contribution in [3.63, 3.8) is 0 Å². The van der Waals surface area contributed by atoms with Gasteiger partial charge >= 0.3 is 5.97 Å². The number of amides is 2. The van der Waals surface area contributed by atoms with Crippen LogP contribution in [0.15, 0.2) is 48.5 Å². The largest absolute Gasteiger partial charge is 0.495 e. The van der Waals surface area contributed by atoms with E-state index >= 15 is 0 Å². The standard InChI is InChI=1S/C20H19ClN2O5/c1-27-17-8-7-14(21)10-16(17)22-18(24)12-28-20(26)13-9-19(25)23(11-13)15-5-3-2-4-6-15/h2-8,10,13H,9,11-12H2,1H3,(H,22,24)/t13-/m1/s1. The first-order valence-corrected chi connectivity index (χ1v) is 9.01. The lowest BCUT2D eigenvalue weighted by Crippen LogP contribution is -2.28. The highest BCUT2D eigenvalue weighted by atomic mass is 35.5. The first-order chi connectivity index (χ1) is 13.5. The Balaban J connectivity index is 1.54. The minimum Gasteiger partial charge on any atom is -0.495 e. The van der Waals surface area contributed by atoms with Crippen LogP contribution in [0.3, 0.4) is 0 Å². The third-order valence-electron chi connectivity index (χ3n) is 4.31. The molecule has 1 N–H and O–H groups in total. The van der Waals surface area contributed by atoms with E-state index in [0.717, 1.165) is 5.69 Å². The SMILES string of the molecule is COc1ccc(Cl)cc1NC(=O)COC(=O)[C@@H]1CC(=O)N(c2ccccc2)C1. The molecule has 28 heavy (non-hydrogen) atoms. The van der Waals surface area contributed by atoms with Crippen LogP contribution < -0.4 is 15.0 Å². The maximum absolute atomic E-state index is 12.3. The molecule has 0 radical (unpaired) electrons. The van der Waals surface area contributed by atoms with Gasteiger partial charge < -0.3 is 19.7 Å². The summed E-state index contributed by atoms with van der Waals surface area (Å²) in [7, 11) is 1.47. The lowest BCUT2D eigenvalue weighted by Gasteiger charge is -2.16. The van der Waals surface area contributed by atoms with Gasteiger partial charge in [0.25, 0.3) is 5.91 Å². The van der Waals surface area contributed by atoms with Gasteiger partial charge in [-0.25, -0.2) is 0 Å². The van der Waals surface area contributed by atoms with E-state index in [-0.39, 0.29) is 18.9 Å². The topological polar surface area (TPSA) is 84.9 Å². The van der Waals surface area contributed by atoms with Gasteiger partial charge in [0.05, 0.1) is 18.7 Å². The number of carbonyl (C=O) groups excluding carboxylic acids is 3. The number of nitrogens with zero attached hydrogens (tertiary/aromatic N) is 1. The summed E-state index contributed by atoms with van der Waals surface area (Å²) in [6.07, 6.45) is 0.0530. The summed E-state index contributed by atoms with van der Waals surface area (Å²) >= 11 is 5.92. The number of para-hydroxylation sites is 1. The third-order valence-corrected chi connectivity index (χ3v) is 4.54. The molecule has 2 amide bonds. The van der Waals surface area contributed by atoms with Crippen LogP contribution in [-0.2, 0) is 19.1 Å². The van der Waals surface area contributed by atoms with Crippen molar-refractivity contribution < 1.29 is 23.9 Å². The molecule has 0 saturated carbocycles. The second-order valence-corrected chi connectivity index (χ2v) is 6.68. The zero-order valence-corrected chi connectivity index (χ0v) is 15.9. The van der Waals surface area contributed by atoms with Crippen molar-refractivity contribution >= 4 is 40.8 Å². The number of carbonyl (C=O) groups is 3. The van der Waals surface area contributed by atoms with Crippen molar-refractivity contribution in [2.45, 2.75) is 6.42 Å². The molecule has 1 saturated heterocycles. The smallest absolute Gasteiger partial charge is 0.311 e. The second-order valence-electron chi connectivity index (χ2n) is 6.24. The quantitative estimate of drug-likeness (QED) is 0.751. The number of hydrogen-bond donors (Lipinski definition) is 1. The first kappa shape index (κ1) is 19.7. The number of rotatable bonds is 6. The maximum Gasteiger partial charge on any atom is 0.311 e. The molecule has 2 aromatic carbocycles. The fourth-order valence-electron chi connectivity index (χ4n) is 2.94. The van der Waals surface area contributed by atoms with Crippen molar-refractivity contribution in [2.24, 2.45) is 5.92 Å². The molecule has 1 aliphatic rings. The van der Waals surface area contributed by atoms with Crippen LogP contribution in [0.25, 0.3) is 0 Å². The Kier molecular flexibility index (Phi) is 6.16. The van der Waals surface area contributed by atoms with Crippen LogP contribution in [0, 0.1) is 5.92 Å². The van der Waals surface area contributed by atoms with Crippen molar-refractivity contribution in [1.82, 2.24) is 0 Å². The van der Waals surface area contributed by atoms with Gasteiger partial charge in [0.1, 0.15) is 5.75 Å². The van der Waals surface area contributed by atoms with E-state index in [2.05, 4.69) is 5.32 Å². The van der Waals surface area contributed by atoms with Crippen molar-refractivity contribution in [1.29, 1.82) is 0 Å². The molecule has 7 nitrogen and oxygen atoms in total. The molecule has 1 heterocycles. The molecule has 1 aliphatic heterocycles. The molecule has 146 valence electrons. The number of ether oxygens (including phenoxy) is 2. The summed E-state index contributed by atoms with van der Waals surface area (Å²) in [6.45, 7) is -0.240. The van der Waals surface area contributed by atoms with Gasteiger partial charge in [0.15, 0.2) is 6.61 Å². The van der Waals surface area contributed by atoms with Crippen LogP contribution >= 0.6 is 11.6 Å². The number of methoxy groups -OCH3 is 1. The normalized spacial score (nSPS) is 16.0. The van der Waals surface area contributed by atoms with Gasteiger partial charge in [-0.3, -0.25) is 14.4 Å². The summed E-state index contributed by atoms with van der Waals surface area (Å²) in [5, 5.41) is 3.02. The lowest BCUT2D eigenvalue weighted by atomic mass is 10.1. The fraction of sp³-hybridized carbons (Fsp3) is 0.250. The molecule has 1 atom stereocenters. The van der Waals surface area contributed by atoms with Crippen molar-refractivity contribution in [2.75, 3.05) is 30.5 Å². The highest BCUT2D eigenvalue weighted by Crippen LogP contribution is 2.28. The zero-order valence-electron chi connectivity index (χ0n) is 15.2. The fourth-order valence-corrected chi connectivity index (χ4v) is 3.11. The van der Waals surface area contributed by atoms with Gasteiger partial charge in [-0.1, -0.05) is 29.8 Å². The minimum absolute atomic E-state index is 0.0530. The van der Waals surface area contributed by atoms with Crippen LogP contribution in [-0.4, -0.2) is 38.0 Å². The average molecular weight is 403 g/mol. The number of benzene rings is 2. The Morgan fingerprint density at radius 3 is 2.68 bits per heavy atom. The summed E-state index contributed by atoms with van der Waals surface area (Å²) in [6, 6.07) is 13.9. The molecule has 3 rings (SSSR count). The molecule has 0 aromatic heterocycles. The molecular formula is C20H19ClN2O5. The molecule has 8 heteroatoms. The molecular weight excluding hydrogens is 384 g/mol. The van der Waals surface area contributed by atoms with Crippen molar-refractivity contribution in [3.8, 4) is 5.75 Å². The van der Waals surface area contributed by atoms with Gasteiger partial charge in [0, 0.05) is 23.7 Å². The maximum atomic E-state index is 12.3. The Bertz CT molecular complexity index is 887. The van der Waals surface area contributed by atoms with Crippen LogP contribution in [0.2, 0.25) is 5.02 Å². The highest BCUT2D eigenvalue weighted by molar-refractivity contribution is 6.31. The summed E-state index contributed by atoms with van der Waals surface area (Å²) in [5.74, 6) is -1.44. The van der Waals surface area contributed by atoms with E-state index in [9.17, 15) is 14.4 Å². The van der Waals surface area contributed by atoms with E-state index in [1.54, 1.807) is 29.2 Å². The highest BCUT2D eigenvalue weighted by Gasteiger charge is 2.36. The van der Waals surface area contributed by atoms with Gasteiger partial charge in [-0.05, 0) is 30.3 Å². The van der Waals surface area contributed by atoms with Crippen LogP contribution in [0.4, 0.5) is 11.4 Å². The van der Waals surface area contributed by atoms with Gasteiger partial charge in [-0.2, -0.15) is 0 Å². The number of hydrogen-bond acceptors (Lipinski definition) is 5. The summed E-state index contributed by atoms with van der Waals surface area (Å²) in [4.78, 5) is 38.1. The first-order valence-electron chi connectivity index (χ1n) is 8.63. The number of esters is 1. The molecule has 0 spiro atoms. The average Bonchev–Trinajstić information content (AvgIpc) is 3.09. The second kappa shape index (κ2) is 8.75. The predicted octanol–water partition coefficient (Wildman–Crippen LogP) is 2.88. The summed E-state index contributed by atoms with van der Waals surface area (Å²) in [5.41, 5.74) is 1.11. The molecule has 0 aliphatic carbocycles. The Labute approximate surface area is 167 Å². The Morgan fingerprint density at radius 1 is 1.21 bits per heavy atom. The summed E-state index contributed by atoms with van der Waals surface area (Å²) < 4.78 is 10.2. The van der Waals surface area contributed by atoms with E-state index < -0.39 is 24.4 Å². The molecule has 0 bridgehead atoms. The molecule has 0 unspecified atom stereocenters. The molecule has 1 fully saturated rings. The lowest BCUT2D eigenvalue weighted by molar-refractivity contribution is -0.151. The minimum atomic E-state index is -0.610. The Morgan fingerprint density at radius 2 is 1.96 bits per heavy atom. The monoisotopic (exact) mass is 402 g/mol. The van der Waals surface area contributed by atoms with Crippen molar-refractivity contribution in [3.05, 3.63) is 53.6 Å². The number of halogens is 1. The van der Waals surface area contributed by atoms with E-state index in [1.807, 2.05) is 18.2 Å². The van der Waals surface area contributed by atoms with E-state index in [0.29, 0.717) is 16.5 Å². The zero-order chi connectivity index (χ0) is 20.1. The number of anilines is 2. The van der Waals surface area contributed by atoms with Gasteiger partial charge in [0.2, 0.25) is 5.91 Å². The van der Waals surface area contributed by atoms with E-state index in [4.69, 9.17) is 21.1 Å². The number of nitrogens with one attached hydrogen (secondary N) is 1. The molecule has 2 aromatic rings. The van der Waals surface area contributed by atoms with E-state index in [1.165, 1.54) is 13.2 Å². The van der Waals surface area contributed by atoms with Crippen LogP contribution in [0.1, 0.15) is 6.42 Å². The predicted molar refractivity (Wildman–Crippen MR) is 104 cm³/mol. The Hall–Kier alpha value is -3.06. The van der Waals surface area contributed by atoms with Gasteiger partial charge in [-0.15, -0.1) is 0 Å². The van der Waals surface area contributed by atoms with Crippen LogP contribution in [0.5, 0.6) is 5.75 Å².